The first kappa shape index (κ1) is 80.6. The quantitative estimate of drug-likeness (QED) is 0.0517. The SMILES string of the molecule is CCC(=O)c1c(-c2ccc(F)cc2)oc2cc(N(C)S(C)(=O)=O)c(-c3ccc4c(c3)-c3cc5ccccc5n3CC(CCCN(C)C)CO4)cc12.CCC(=O)c1c(-c2ccc(F)cc2)oc2cc(N(C)S(C)(=O)=O)c(B3OC(C)(C)C(C)(C)O3)cc12.CN(C)CCCC1COc2ccc(Br)cc2-c2cc3ccccc3n2C1. The lowest BCUT2D eigenvalue weighted by atomic mass is 9.76. The van der Waals surface area contributed by atoms with Gasteiger partial charge in [-0.15, -0.1) is 0 Å². The van der Waals surface area contributed by atoms with E-state index < -0.39 is 50.0 Å². The average Bonchev–Trinajstić information content (AvgIpc) is 1.55. The Morgan fingerprint density at radius 2 is 0.938 bits per heavy atom. The van der Waals surface area contributed by atoms with Crippen molar-refractivity contribution in [2.45, 2.75) is 104 Å². The molecular formula is C88H96BBrF2N6O12S2. The standard InChI is InChI=1S/C41H42FN3O5S.C25H29BFNO6S.C22H25BrN2O/c1-6-37(46)40-33-22-31(35(44(4)51(5,47)48)23-39(33)50-41(40)27-13-16-30(42)17-14-27)28-15-18-38-32(20-28)36-21-29-11-7-8-12-34(29)45(36)24-26(25-49-38)10-9-19-43(2)3;1-8-20(29)22-17-13-18(26-33-24(2,3)25(4,5)34-26)19(28(6)35(7,30)31)14-21(17)32-23(22)15-9-11-16(27)12-10-15;1-24(2)11-5-6-16-14-25-20-8-4-3-7-17(20)12-21(25)19-13-18(23)9-10-22(19)26-15-16/h7-8,11-18,20-23,26H,6,9-10,19,24-25H2,1-5H3;9-14H,8H2,1-7H3;3-4,7-10,12-13,16H,5-6,11,14-15H2,1-2H3. The Morgan fingerprint density at radius 1 is 0.518 bits per heavy atom. The number of hydrogen-bond donors (Lipinski definition) is 0. The summed E-state index contributed by atoms with van der Waals surface area (Å²) in [6.45, 7) is 16.4. The Kier molecular flexibility index (Phi) is 23.5. The third-order valence-corrected chi connectivity index (χ3v) is 24.8. The minimum absolute atomic E-state index is 0.139. The molecule has 8 aromatic carbocycles. The van der Waals surface area contributed by atoms with E-state index in [0.717, 1.165) is 106 Å². The second-order valence-corrected chi connectivity index (χ2v) is 35.9. The summed E-state index contributed by atoms with van der Waals surface area (Å²) >= 11 is 3.62. The third-order valence-electron chi connectivity index (χ3n) is 21.9. The van der Waals surface area contributed by atoms with Gasteiger partial charge < -0.3 is 46.6 Å². The van der Waals surface area contributed by atoms with Crippen LogP contribution in [0.5, 0.6) is 11.5 Å². The van der Waals surface area contributed by atoms with Gasteiger partial charge in [0.2, 0.25) is 20.0 Å². The largest absolute Gasteiger partial charge is 0.497 e. The van der Waals surface area contributed by atoms with Crippen molar-refractivity contribution >= 4 is 115 Å². The van der Waals surface area contributed by atoms with Crippen LogP contribution in [-0.2, 0) is 42.4 Å². The van der Waals surface area contributed by atoms with Gasteiger partial charge in [0.15, 0.2) is 11.6 Å². The van der Waals surface area contributed by atoms with Crippen LogP contribution in [-0.4, -0.2) is 147 Å². The predicted molar refractivity (Wildman–Crippen MR) is 450 cm³/mol. The number of carbonyl (C=O) groups is 2. The number of benzene rings is 8. The van der Waals surface area contributed by atoms with Crippen molar-refractivity contribution < 1.29 is 62.8 Å². The summed E-state index contributed by atoms with van der Waals surface area (Å²) < 4.78 is 124. The van der Waals surface area contributed by atoms with Gasteiger partial charge in [-0.05, 0) is 215 Å². The number of fused-ring (bicyclic) bond motifs is 12. The van der Waals surface area contributed by atoms with Crippen molar-refractivity contribution in [3.8, 4) is 67.8 Å². The minimum Gasteiger partial charge on any atom is -0.493 e. The van der Waals surface area contributed by atoms with Gasteiger partial charge in [-0.3, -0.25) is 18.2 Å². The van der Waals surface area contributed by atoms with Gasteiger partial charge in [-0.2, -0.15) is 0 Å². The van der Waals surface area contributed by atoms with Gasteiger partial charge >= 0.3 is 7.12 Å². The fraction of sp³-hybridized carbons (Fsp3) is 0.341. The number of hydrogen-bond acceptors (Lipinski definition) is 14. The van der Waals surface area contributed by atoms with E-state index in [1.807, 2.05) is 52.0 Å². The molecule has 3 aliphatic heterocycles. The predicted octanol–water partition coefficient (Wildman–Crippen LogP) is 18.8. The first-order chi connectivity index (χ1) is 53.2. The summed E-state index contributed by atoms with van der Waals surface area (Å²) in [5.41, 5.74) is 10.5. The number of nitrogens with zero attached hydrogens (tertiary/aromatic N) is 6. The molecule has 0 radical (unpaired) electrons. The van der Waals surface area contributed by atoms with Crippen molar-refractivity contribution in [1.82, 2.24) is 18.9 Å². The van der Waals surface area contributed by atoms with E-state index in [1.54, 1.807) is 44.2 Å². The summed E-state index contributed by atoms with van der Waals surface area (Å²) in [6, 6.07) is 52.1. The lowest BCUT2D eigenvalue weighted by Gasteiger charge is -2.32. The van der Waals surface area contributed by atoms with E-state index in [2.05, 4.69) is 142 Å². The number of ketones is 2. The number of furan rings is 2. The fourth-order valence-corrected chi connectivity index (χ4v) is 16.4. The number of anilines is 2. The summed E-state index contributed by atoms with van der Waals surface area (Å²) in [5.74, 6) is 2.07. The van der Waals surface area contributed by atoms with Crippen LogP contribution >= 0.6 is 15.9 Å². The van der Waals surface area contributed by atoms with Crippen molar-refractivity contribution in [3.05, 3.63) is 197 Å². The summed E-state index contributed by atoms with van der Waals surface area (Å²) in [5, 5.41) is 3.49. The summed E-state index contributed by atoms with van der Waals surface area (Å²) in [6.07, 6.45) is 7.17. The highest BCUT2D eigenvalue weighted by molar-refractivity contribution is 9.10. The van der Waals surface area contributed by atoms with Crippen molar-refractivity contribution in [3.63, 3.8) is 0 Å². The lowest BCUT2D eigenvalue weighted by Crippen LogP contribution is -2.41. The van der Waals surface area contributed by atoms with Crippen LogP contribution < -0.4 is 23.5 Å². The summed E-state index contributed by atoms with van der Waals surface area (Å²) in [7, 11) is 3.19. The Bertz CT molecular complexity index is 5760. The zero-order valence-corrected chi connectivity index (χ0v) is 69.1. The molecule has 0 saturated carbocycles. The Labute approximate surface area is 663 Å². The molecule has 4 aromatic heterocycles. The fourth-order valence-electron chi connectivity index (χ4n) is 15.0. The molecule has 0 spiro atoms. The number of Topliss-reactive ketones (excluding diaryl/α,β-unsaturated/α-hetero) is 2. The smallest absolute Gasteiger partial charge is 0.493 e. The molecule has 112 heavy (non-hydrogen) atoms. The normalized spacial score (nSPS) is 15.9. The van der Waals surface area contributed by atoms with Crippen LogP contribution in [0, 0.1) is 23.5 Å². The van der Waals surface area contributed by atoms with Gasteiger partial charge in [0.1, 0.15) is 45.8 Å². The number of sulfonamides is 2. The molecule has 0 amide bonds. The second-order valence-electron chi connectivity index (χ2n) is 31.0. The van der Waals surface area contributed by atoms with Gasteiger partial charge in [0, 0.05) is 134 Å². The van der Waals surface area contributed by atoms with Crippen LogP contribution in [0.3, 0.4) is 0 Å². The third kappa shape index (κ3) is 16.8. The number of halogens is 3. The van der Waals surface area contributed by atoms with Gasteiger partial charge in [0.25, 0.3) is 0 Å². The topological polar surface area (TPSA) is 188 Å². The highest BCUT2D eigenvalue weighted by atomic mass is 79.9. The molecule has 2 unspecified atom stereocenters. The molecule has 18 nitrogen and oxygen atoms in total. The number of carbonyl (C=O) groups excluding carboxylic acids is 2. The van der Waals surface area contributed by atoms with E-state index in [-0.39, 0.29) is 24.4 Å². The average molecular weight is 1620 g/mol. The highest BCUT2D eigenvalue weighted by Gasteiger charge is 2.53. The number of para-hydroxylation sites is 2. The molecule has 0 aliphatic carbocycles. The maximum absolute atomic E-state index is 13.9. The molecule has 1 saturated heterocycles. The van der Waals surface area contributed by atoms with Crippen LogP contribution in [0.15, 0.2) is 183 Å². The molecule has 12 aromatic rings. The number of ether oxygens (including phenoxy) is 2. The molecule has 3 aliphatic rings. The maximum Gasteiger partial charge on any atom is 0.497 e. The molecule has 0 bridgehead atoms. The first-order valence-corrected chi connectivity index (χ1v) is 42.4. The molecule has 2 atom stereocenters. The van der Waals surface area contributed by atoms with Crippen LogP contribution in [0.2, 0.25) is 0 Å². The Balaban J connectivity index is 0.000000156. The van der Waals surface area contributed by atoms with E-state index in [0.29, 0.717) is 96.6 Å². The first-order valence-electron chi connectivity index (χ1n) is 37.9. The van der Waals surface area contributed by atoms with E-state index in [4.69, 9.17) is 27.6 Å². The van der Waals surface area contributed by atoms with Gasteiger partial charge in [-0.1, -0.05) is 72.2 Å². The molecule has 586 valence electrons. The molecule has 1 fully saturated rings. The maximum atomic E-state index is 13.9. The van der Waals surface area contributed by atoms with Gasteiger partial charge in [0.05, 0.1) is 70.8 Å². The molecule has 7 heterocycles. The second kappa shape index (κ2) is 32.6. The van der Waals surface area contributed by atoms with Crippen molar-refractivity contribution in [1.29, 1.82) is 0 Å². The Hall–Kier alpha value is -9.40. The van der Waals surface area contributed by atoms with Crippen molar-refractivity contribution in [2.75, 3.05) is 89.7 Å². The molecule has 15 rings (SSSR count). The van der Waals surface area contributed by atoms with Crippen molar-refractivity contribution in [2.24, 2.45) is 11.8 Å². The number of aromatic nitrogens is 2. The van der Waals surface area contributed by atoms with Crippen LogP contribution in [0.1, 0.15) is 101 Å². The van der Waals surface area contributed by atoms with E-state index in [1.165, 1.54) is 89.8 Å². The van der Waals surface area contributed by atoms with Crippen LogP contribution in [0.25, 0.3) is 100 Å². The van der Waals surface area contributed by atoms with E-state index in [9.17, 15) is 35.2 Å². The van der Waals surface area contributed by atoms with Gasteiger partial charge in [-0.25, -0.2) is 25.6 Å². The molecule has 0 N–H and O–H groups in total. The van der Waals surface area contributed by atoms with E-state index >= 15 is 0 Å². The molecule has 24 heteroatoms. The Morgan fingerprint density at radius 3 is 1.39 bits per heavy atom. The zero-order valence-electron chi connectivity index (χ0n) is 65.9. The highest BCUT2D eigenvalue weighted by Crippen LogP contribution is 2.47. The summed E-state index contributed by atoms with van der Waals surface area (Å²) in [4.78, 5) is 31.1. The monoisotopic (exact) mass is 1620 g/mol. The number of rotatable bonds is 20. The van der Waals surface area contributed by atoms with Crippen LogP contribution in [0.4, 0.5) is 20.2 Å². The minimum atomic E-state index is -3.70. The zero-order chi connectivity index (χ0) is 80.0. The molecular weight excluding hydrogens is 1530 g/mol. The lowest BCUT2D eigenvalue weighted by molar-refractivity contribution is 0.00578.